The molecule has 0 radical (unpaired) electrons. The van der Waals surface area contributed by atoms with Gasteiger partial charge in [-0.05, 0) is 22.8 Å². The Labute approximate surface area is 72.8 Å². The van der Waals surface area contributed by atoms with E-state index in [0.717, 1.165) is 16.7 Å². The van der Waals surface area contributed by atoms with Gasteiger partial charge in [0.25, 0.3) is 0 Å². The number of allylic oxidation sites excluding steroid dienone is 3. The summed E-state index contributed by atoms with van der Waals surface area (Å²) < 4.78 is 0. The molecule has 0 aliphatic carbocycles. The molecule has 12 heavy (non-hydrogen) atoms. The van der Waals surface area contributed by atoms with Crippen molar-refractivity contribution in [3.63, 3.8) is 0 Å². The second-order valence-electron chi connectivity index (χ2n) is 2.45. The molecule has 0 N–H and O–H groups in total. The van der Waals surface area contributed by atoms with Crippen LogP contribution in [0.4, 0.5) is 0 Å². The van der Waals surface area contributed by atoms with Gasteiger partial charge in [-0.1, -0.05) is 31.9 Å². The molecule has 0 aliphatic heterocycles. The van der Waals surface area contributed by atoms with Crippen LogP contribution in [0, 0.1) is 0 Å². The van der Waals surface area contributed by atoms with Gasteiger partial charge in [0.15, 0.2) is 0 Å². The fourth-order valence-electron chi connectivity index (χ4n) is 0.850. The smallest absolute Gasteiger partial charge is 0.0346 e. The van der Waals surface area contributed by atoms with Gasteiger partial charge in [0, 0.05) is 12.4 Å². The highest BCUT2D eigenvalue weighted by Crippen LogP contribution is 2.18. The van der Waals surface area contributed by atoms with Crippen molar-refractivity contribution in [3.05, 3.63) is 61.5 Å². The molecule has 0 aromatic carbocycles. The zero-order valence-electron chi connectivity index (χ0n) is 6.96. The van der Waals surface area contributed by atoms with E-state index in [1.807, 2.05) is 12.1 Å². The Morgan fingerprint density at radius 1 is 1.42 bits per heavy atom. The molecule has 0 spiro atoms. The monoisotopic (exact) mass is 157 g/mol. The van der Waals surface area contributed by atoms with Gasteiger partial charge < -0.3 is 0 Å². The topological polar surface area (TPSA) is 12.9 Å². The zero-order chi connectivity index (χ0) is 8.97. The van der Waals surface area contributed by atoms with Crippen molar-refractivity contribution in [2.24, 2.45) is 0 Å². The minimum atomic E-state index is 0.836. The van der Waals surface area contributed by atoms with Crippen molar-refractivity contribution in [3.8, 4) is 0 Å². The third kappa shape index (κ3) is 1.70. The van der Waals surface area contributed by atoms with Gasteiger partial charge >= 0.3 is 0 Å². The van der Waals surface area contributed by atoms with E-state index in [4.69, 9.17) is 0 Å². The minimum Gasteiger partial charge on any atom is -0.264 e. The van der Waals surface area contributed by atoms with Crippen molar-refractivity contribution in [1.82, 2.24) is 4.98 Å². The van der Waals surface area contributed by atoms with Gasteiger partial charge in [0.05, 0.1) is 0 Å². The predicted octanol–water partition coefficient (Wildman–Crippen LogP) is 2.84. The maximum absolute atomic E-state index is 3.99. The lowest BCUT2D eigenvalue weighted by Gasteiger charge is -2.03. The van der Waals surface area contributed by atoms with Crippen LogP contribution in [0.25, 0.3) is 5.57 Å². The van der Waals surface area contributed by atoms with Gasteiger partial charge in [0.1, 0.15) is 0 Å². The molecule has 1 heterocycles. The number of hydrogen-bond acceptors (Lipinski definition) is 1. The van der Waals surface area contributed by atoms with E-state index in [2.05, 4.69) is 24.7 Å². The molecule has 0 saturated carbocycles. The lowest BCUT2D eigenvalue weighted by atomic mass is 10.0. The summed E-state index contributed by atoms with van der Waals surface area (Å²) in [5, 5.41) is 0. The van der Waals surface area contributed by atoms with Crippen molar-refractivity contribution in [2.75, 3.05) is 0 Å². The van der Waals surface area contributed by atoms with Crippen LogP contribution in [0.5, 0.6) is 0 Å². The molecule has 0 saturated heterocycles. The third-order valence-electron chi connectivity index (χ3n) is 1.64. The van der Waals surface area contributed by atoms with Crippen LogP contribution in [-0.2, 0) is 0 Å². The SMILES string of the molecule is C=CC(=C)C(=C)c1cccnc1. The average molecular weight is 157 g/mol. The lowest BCUT2D eigenvalue weighted by molar-refractivity contribution is 1.31. The molecule has 0 aliphatic rings. The predicted molar refractivity (Wildman–Crippen MR) is 52.6 cm³/mol. The van der Waals surface area contributed by atoms with E-state index >= 15 is 0 Å². The van der Waals surface area contributed by atoms with Crippen molar-refractivity contribution in [1.29, 1.82) is 0 Å². The first-order valence-electron chi connectivity index (χ1n) is 3.66. The molecule has 1 heteroatoms. The fourth-order valence-corrected chi connectivity index (χ4v) is 0.850. The highest BCUT2D eigenvalue weighted by atomic mass is 14.6. The highest BCUT2D eigenvalue weighted by Gasteiger charge is 1.98. The molecule has 60 valence electrons. The maximum Gasteiger partial charge on any atom is 0.0346 e. The lowest BCUT2D eigenvalue weighted by Crippen LogP contribution is -1.84. The molecule has 1 aromatic rings. The highest BCUT2D eigenvalue weighted by molar-refractivity contribution is 5.78. The number of aromatic nitrogens is 1. The summed E-state index contributed by atoms with van der Waals surface area (Å²) in [5.41, 5.74) is 2.70. The van der Waals surface area contributed by atoms with E-state index in [-0.39, 0.29) is 0 Å². The molecule has 0 amide bonds. The summed E-state index contributed by atoms with van der Waals surface area (Å²) >= 11 is 0. The summed E-state index contributed by atoms with van der Waals surface area (Å²) in [5.74, 6) is 0. The molecule has 0 atom stereocenters. The van der Waals surface area contributed by atoms with E-state index in [9.17, 15) is 0 Å². The Hall–Kier alpha value is -1.63. The van der Waals surface area contributed by atoms with Crippen LogP contribution >= 0.6 is 0 Å². The quantitative estimate of drug-likeness (QED) is 0.615. The maximum atomic E-state index is 3.99. The van der Waals surface area contributed by atoms with Gasteiger partial charge in [-0.2, -0.15) is 0 Å². The third-order valence-corrected chi connectivity index (χ3v) is 1.64. The first kappa shape index (κ1) is 8.47. The van der Waals surface area contributed by atoms with E-state index in [1.165, 1.54) is 0 Å². The van der Waals surface area contributed by atoms with Crippen LogP contribution in [0.15, 0.2) is 55.9 Å². The Morgan fingerprint density at radius 2 is 2.17 bits per heavy atom. The minimum absolute atomic E-state index is 0.836. The summed E-state index contributed by atoms with van der Waals surface area (Å²) in [6.45, 7) is 11.3. The Morgan fingerprint density at radius 3 is 2.67 bits per heavy atom. The second kappa shape index (κ2) is 3.67. The van der Waals surface area contributed by atoms with E-state index in [1.54, 1.807) is 18.5 Å². The summed E-state index contributed by atoms with van der Waals surface area (Å²) in [6.07, 6.45) is 5.18. The Balaban J connectivity index is 2.93. The van der Waals surface area contributed by atoms with Crippen LogP contribution in [-0.4, -0.2) is 4.98 Å². The van der Waals surface area contributed by atoms with E-state index < -0.39 is 0 Å². The largest absolute Gasteiger partial charge is 0.264 e. The van der Waals surface area contributed by atoms with E-state index in [0.29, 0.717) is 0 Å². The van der Waals surface area contributed by atoms with Gasteiger partial charge in [-0.15, -0.1) is 0 Å². The molecule has 1 nitrogen and oxygen atoms in total. The van der Waals surface area contributed by atoms with Crippen LogP contribution in [0.1, 0.15) is 5.56 Å². The van der Waals surface area contributed by atoms with Crippen LogP contribution in [0.3, 0.4) is 0 Å². The molecule has 1 aromatic heterocycles. The fraction of sp³-hybridized carbons (Fsp3) is 0. The average Bonchev–Trinajstić information content (AvgIpc) is 2.17. The second-order valence-corrected chi connectivity index (χ2v) is 2.45. The van der Waals surface area contributed by atoms with Crippen molar-refractivity contribution < 1.29 is 0 Å². The summed E-state index contributed by atoms with van der Waals surface area (Å²) in [4.78, 5) is 3.99. The molecular formula is C11H11N. The Bertz CT molecular complexity index is 309. The van der Waals surface area contributed by atoms with Crippen molar-refractivity contribution >= 4 is 5.57 Å². The standard InChI is InChI=1S/C11H11N/c1-4-9(2)10(3)11-6-5-7-12-8-11/h4-8H,1-3H2. The first-order chi connectivity index (χ1) is 5.75. The zero-order valence-corrected chi connectivity index (χ0v) is 6.96. The van der Waals surface area contributed by atoms with Gasteiger partial charge in [0.2, 0.25) is 0 Å². The van der Waals surface area contributed by atoms with Crippen LogP contribution < -0.4 is 0 Å². The number of pyridine rings is 1. The Kier molecular flexibility index (Phi) is 2.59. The molecule has 0 bridgehead atoms. The summed E-state index contributed by atoms with van der Waals surface area (Å²) in [6, 6.07) is 3.82. The first-order valence-corrected chi connectivity index (χ1v) is 3.66. The molecule has 0 unspecified atom stereocenters. The number of rotatable bonds is 3. The van der Waals surface area contributed by atoms with Gasteiger partial charge in [-0.25, -0.2) is 0 Å². The summed E-state index contributed by atoms with van der Waals surface area (Å²) in [7, 11) is 0. The van der Waals surface area contributed by atoms with Gasteiger partial charge in [-0.3, -0.25) is 4.98 Å². The molecule has 0 fully saturated rings. The number of nitrogens with zero attached hydrogens (tertiary/aromatic N) is 1. The molecule has 1 rings (SSSR count). The van der Waals surface area contributed by atoms with Crippen LogP contribution in [0.2, 0.25) is 0 Å². The van der Waals surface area contributed by atoms with Crippen molar-refractivity contribution in [2.45, 2.75) is 0 Å². The normalized spacial score (nSPS) is 9.00. The number of hydrogen-bond donors (Lipinski definition) is 0. The molecular weight excluding hydrogens is 146 g/mol.